The molecule has 26 heavy (non-hydrogen) atoms. The molecule has 0 saturated heterocycles. The molecule has 0 aliphatic heterocycles. The van der Waals surface area contributed by atoms with E-state index in [1.54, 1.807) is 42.5 Å². The van der Waals surface area contributed by atoms with Gasteiger partial charge in [0.1, 0.15) is 5.75 Å². The first-order valence-corrected chi connectivity index (χ1v) is 9.64. The summed E-state index contributed by atoms with van der Waals surface area (Å²) in [4.78, 5) is 24.4. The van der Waals surface area contributed by atoms with Crippen molar-refractivity contribution in [3.05, 3.63) is 64.1 Å². The molecule has 2 aromatic rings. The smallest absolute Gasteiger partial charge is 0.343 e. The van der Waals surface area contributed by atoms with Crippen molar-refractivity contribution < 1.29 is 19.1 Å². The Morgan fingerprint density at radius 2 is 1.54 bits per heavy atom. The number of carbonyl (C=O) groups is 2. The van der Waals surface area contributed by atoms with Crippen molar-refractivity contribution in [1.29, 1.82) is 0 Å². The van der Waals surface area contributed by atoms with E-state index in [9.17, 15) is 9.59 Å². The van der Waals surface area contributed by atoms with Crippen molar-refractivity contribution >= 4 is 27.9 Å². The predicted octanol–water partition coefficient (Wildman–Crippen LogP) is 5.80. The molecule has 0 spiro atoms. The van der Waals surface area contributed by atoms with Gasteiger partial charge in [0, 0.05) is 4.47 Å². The molecule has 2 rings (SSSR count). The van der Waals surface area contributed by atoms with Crippen molar-refractivity contribution in [3.8, 4) is 5.75 Å². The highest BCUT2D eigenvalue weighted by atomic mass is 79.9. The van der Waals surface area contributed by atoms with E-state index < -0.39 is 11.9 Å². The Kier molecular flexibility index (Phi) is 8.35. The Hall–Kier alpha value is -2.14. The molecule has 0 radical (unpaired) electrons. The molecule has 0 fully saturated rings. The largest absolute Gasteiger partial charge is 0.462 e. The maximum absolute atomic E-state index is 12.2. The van der Waals surface area contributed by atoms with Crippen molar-refractivity contribution in [3.63, 3.8) is 0 Å². The van der Waals surface area contributed by atoms with Crippen molar-refractivity contribution in [1.82, 2.24) is 0 Å². The zero-order valence-electron chi connectivity index (χ0n) is 14.9. The molecular weight excluding hydrogens is 396 g/mol. The van der Waals surface area contributed by atoms with Crippen molar-refractivity contribution in [2.45, 2.75) is 39.0 Å². The summed E-state index contributed by atoms with van der Waals surface area (Å²) in [6, 6.07) is 13.4. The first-order chi connectivity index (χ1) is 12.6. The molecule has 0 aliphatic rings. The van der Waals surface area contributed by atoms with Crippen LogP contribution >= 0.6 is 15.9 Å². The second-order valence-electron chi connectivity index (χ2n) is 5.97. The van der Waals surface area contributed by atoms with E-state index in [1.165, 1.54) is 18.9 Å². The minimum absolute atomic E-state index is 0.310. The van der Waals surface area contributed by atoms with Crippen LogP contribution in [0.5, 0.6) is 5.75 Å². The third-order valence-electron chi connectivity index (χ3n) is 3.84. The summed E-state index contributed by atoms with van der Waals surface area (Å²) in [6.45, 7) is 2.56. The normalized spacial score (nSPS) is 10.4. The fourth-order valence-electron chi connectivity index (χ4n) is 2.40. The lowest BCUT2D eigenvalue weighted by atomic mass is 10.1. The zero-order valence-corrected chi connectivity index (χ0v) is 16.5. The van der Waals surface area contributed by atoms with Gasteiger partial charge in [-0.2, -0.15) is 0 Å². The van der Waals surface area contributed by atoms with E-state index in [-0.39, 0.29) is 0 Å². The Bertz CT molecular complexity index is 725. The number of rotatable bonds is 9. The van der Waals surface area contributed by atoms with E-state index in [1.807, 2.05) is 0 Å². The predicted molar refractivity (Wildman–Crippen MR) is 105 cm³/mol. The maximum atomic E-state index is 12.2. The highest BCUT2D eigenvalue weighted by Gasteiger charge is 2.13. The Morgan fingerprint density at radius 3 is 2.23 bits per heavy atom. The number of benzene rings is 2. The van der Waals surface area contributed by atoms with Crippen LogP contribution in [0, 0.1) is 0 Å². The van der Waals surface area contributed by atoms with Crippen LogP contribution in [0.25, 0.3) is 0 Å². The molecule has 0 saturated carbocycles. The van der Waals surface area contributed by atoms with Crippen LogP contribution in [0.15, 0.2) is 53.0 Å². The van der Waals surface area contributed by atoms with Gasteiger partial charge < -0.3 is 9.47 Å². The van der Waals surface area contributed by atoms with E-state index in [2.05, 4.69) is 22.9 Å². The summed E-state index contributed by atoms with van der Waals surface area (Å²) in [5.41, 5.74) is 0.661. The van der Waals surface area contributed by atoms with E-state index in [0.29, 0.717) is 23.5 Å². The SMILES string of the molecule is CCCCCCCOC(=O)c1cccc(C(=O)Oc2ccc(Br)cc2)c1. The molecule has 138 valence electrons. The Balaban J connectivity index is 1.88. The van der Waals surface area contributed by atoms with Crippen LogP contribution in [0.3, 0.4) is 0 Å². The molecule has 0 atom stereocenters. The van der Waals surface area contributed by atoms with E-state index >= 15 is 0 Å². The second kappa shape index (κ2) is 10.8. The Labute approximate surface area is 162 Å². The van der Waals surface area contributed by atoms with Gasteiger partial charge in [0.2, 0.25) is 0 Å². The third kappa shape index (κ3) is 6.64. The quantitative estimate of drug-likeness (QED) is 0.293. The van der Waals surface area contributed by atoms with Gasteiger partial charge >= 0.3 is 11.9 Å². The molecule has 4 nitrogen and oxygen atoms in total. The van der Waals surface area contributed by atoms with E-state index in [0.717, 1.165) is 23.7 Å². The third-order valence-corrected chi connectivity index (χ3v) is 4.37. The van der Waals surface area contributed by atoms with Crippen molar-refractivity contribution in [2.75, 3.05) is 6.61 Å². The second-order valence-corrected chi connectivity index (χ2v) is 6.89. The highest BCUT2D eigenvalue weighted by Crippen LogP contribution is 2.18. The first kappa shape index (κ1) is 20.2. The van der Waals surface area contributed by atoms with Crippen LogP contribution < -0.4 is 4.74 Å². The van der Waals surface area contributed by atoms with Gasteiger partial charge in [-0.15, -0.1) is 0 Å². The number of hydrogen-bond acceptors (Lipinski definition) is 4. The average molecular weight is 419 g/mol. The molecule has 0 bridgehead atoms. The van der Waals surface area contributed by atoms with Gasteiger partial charge in [-0.25, -0.2) is 9.59 Å². The standard InChI is InChI=1S/C21H23BrO4/c1-2-3-4-5-6-14-25-20(23)16-8-7-9-17(15-16)21(24)26-19-12-10-18(22)11-13-19/h7-13,15H,2-6,14H2,1H3. The highest BCUT2D eigenvalue weighted by molar-refractivity contribution is 9.10. The number of ether oxygens (including phenoxy) is 2. The molecular formula is C21H23BrO4. The number of hydrogen-bond donors (Lipinski definition) is 0. The molecule has 0 unspecified atom stereocenters. The zero-order chi connectivity index (χ0) is 18.8. The van der Waals surface area contributed by atoms with Gasteiger partial charge in [0.15, 0.2) is 0 Å². The summed E-state index contributed by atoms with van der Waals surface area (Å²) in [5, 5.41) is 0. The van der Waals surface area contributed by atoms with Crippen LogP contribution in [0.2, 0.25) is 0 Å². The lowest BCUT2D eigenvalue weighted by Gasteiger charge is -2.07. The van der Waals surface area contributed by atoms with Crippen LogP contribution in [-0.4, -0.2) is 18.5 Å². The summed E-state index contributed by atoms with van der Waals surface area (Å²) in [7, 11) is 0. The number of unbranched alkanes of at least 4 members (excludes halogenated alkanes) is 4. The molecule has 2 aromatic carbocycles. The summed E-state index contributed by atoms with van der Waals surface area (Å²) < 4.78 is 11.5. The molecule has 0 aliphatic carbocycles. The summed E-state index contributed by atoms with van der Waals surface area (Å²) >= 11 is 3.33. The summed E-state index contributed by atoms with van der Waals surface area (Å²) in [6.07, 6.45) is 5.46. The topological polar surface area (TPSA) is 52.6 Å². The van der Waals surface area contributed by atoms with E-state index in [4.69, 9.17) is 9.47 Å². The van der Waals surface area contributed by atoms with Crippen LogP contribution in [0.1, 0.15) is 59.7 Å². The fraction of sp³-hybridized carbons (Fsp3) is 0.333. The average Bonchev–Trinajstić information content (AvgIpc) is 2.66. The van der Waals surface area contributed by atoms with Crippen molar-refractivity contribution in [2.24, 2.45) is 0 Å². The number of carbonyl (C=O) groups excluding carboxylic acids is 2. The number of esters is 2. The summed E-state index contributed by atoms with van der Waals surface area (Å²) in [5.74, 6) is -0.487. The molecule has 0 aromatic heterocycles. The molecule has 5 heteroatoms. The molecule has 0 amide bonds. The van der Waals surface area contributed by atoms with Gasteiger partial charge in [0.25, 0.3) is 0 Å². The van der Waals surface area contributed by atoms with Gasteiger partial charge in [-0.3, -0.25) is 0 Å². The molecule has 0 N–H and O–H groups in total. The molecule has 0 heterocycles. The number of halogens is 1. The maximum Gasteiger partial charge on any atom is 0.343 e. The monoisotopic (exact) mass is 418 g/mol. The van der Waals surface area contributed by atoms with Gasteiger partial charge in [-0.1, -0.05) is 54.6 Å². The minimum atomic E-state index is -0.512. The Morgan fingerprint density at radius 1 is 0.885 bits per heavy atom. The van der Waals surface area contributed by atoms with Crippen LogP contribution in [0.4, 0.5) is 0 Å². The lowest BCUT2D eigenvalue weighted by Crippen LogP contribution is -2.11. The lowest BCUT2D eigenvalue weighted by molar-refractivity contribution is 0.0497. The fourth-order valence-corrected chi connectivity index (χ4v) is 2.66. The van der Waals surface area contributed by atoms with Gasteiger partial charge in [0.05, 0.1) is 17.7 Å². The first-order valence-electron chi connectivity index (χ1n) is 8.85. The van der Waals surface area contributed by atoms with Gasteiger partial charge in [-0.05, 0) is 48.9 Å². The van der Waals surface area contributed by atoms with Crippen LogP contribution in [-0.2, 0) is 4.74 Å². The minimum Gasteiger partial charge on any atom is -0.462 e.